The molecule has 0 spiro atoms. The number of benzene rings is 1. The lowest BCUT2D eigenvalue weighted by Crippen LogP contribution is -2.70. The fraction of sp³-hybridized carbons (Fsp3) is 0.375. The minimum absolute atomic E-state index is 0.0588. The van der Waals surface area contributed by atoms with Gasteiger partial charge in [-0.3, -0.25) is 29.3 Å². The lowest BCUT2D eigenvalue weighted by Gasteiger charge is -2.51. The van der Waals surface area contributed by atoms with E-state index in [2.05, 4.69) is 25.9 Å². The Kier molecular flexibility index (Phi) is 6.21. The van der Waals surface area contributed by atoms with Gasteiger partial charge in [-0.2, -0.15) is 4.98 Å². The number of fused-ring (bicyclic) bond motifs is 4. The average molecular weight is 617 g/mol. The highest BCUT2D eigenvalue weighted by Crippen LogP contribution is 2.58. The number of nitro benzene ring substituents is 1. The molecule has 3 aliphatic rings. The van der Waals surface area contributed by atoms with Crippen molar-refractivity contribution in [2.45, 2.75) is 55.1 Å². The number of thioether (sulfide) groups is 1. The van der Waals surface area contributed by atoms with Crippen molar-refractivity contribution in [2.75, 3.05) is 0 Å². The number of halogens is 1. The second-order valence-electron chi connectivity index (χ2n) is 9.34. The first kappa shape index (κ1) is 25.6. The molecule has 2 unspecified atom stereocenters. The Balaban J connectivity index is 1.20. The number of alkyl halides is 1. The molecule has 3 aliphatic heterocycles. The zero-order valence-electron chi connectivity index (χ0n) is 20.5. The number of carbonyl (C=O) groups excluding carboxylic acids is 3. The number of imidazole rings is 1. The number of carbonyl (C=O) groups is 3. The first-order chi connectivity index (χ1) is 18.7. The van der Waals surface area contributed by atoms with Crippen LogP contribution in [0.4, 0.5) is 5.69 Å². The van der Waals surface area contributed by atoms with E-state index in [-0.39, 0.29) is 18.0 Å². The molecule has 2 aromatic heterocycles. The van der Waals surface area contributed by atoms with E-state index in [1.54, 1.807) is 6.20 Å². The fourth-order valence-electron chi connectivity index (χ4n) is 4.97. The van der Waals surface area contributed by atoms with Gasteiger partial charge in [0, 0.05) is 37.4 Å². The van der Waals surface area contributed by atoms with Crippen LogP contribution in [0.5, 0.6) is 0 Å². The van der Waals surface area contributed by atoms with Crippen molar-refractivity contribution in [1.29, 1.82) is 0 Å². The SMILES string of the molecule is CC(=O)OC(c1cn2c(n1)nc1n2CCCC1)C1(Br)C(=O)N2C(C(=O)OCc3ccc([N+](=O)[O-])cc3)=CS[C@@H]21. The number of aromatic nitrogens is 4. The molecule has 0 N–H and O–H groups in total. The summed E-state index contributed by atoms with van der Waals surface area (Å²) in [6.45, 7) is 1.93. The monoisotopic (exact) mass is 616 g/mol. The number of esters is 2. The lowest BCUT2D eigenvalue weighted by atomic mass is 9.89. The number of nitro groups is 1. The standard InChI is InChI=1S/C24H21BrN6O7S/c1-13(32)38-19(16-10-29-23(26-16)27-18-4-2-3-9-28(18)29)24(25)21(34)30-17(12-39-22(24)30)20(33)37-11-14-5-7-15(8-6-14)31(35)36/h5-8,10,12,19,22H,2-4,9,11H2,1H3/t19?,22-,24?/m1/s1. The maximum atomic E-state index is 13.5. The summed E-state index contributed by atoms with van der Waals surface area (Å²) in [5.74, 6) is -0.377. The third-order valence-corrected chi connectivity index (χ3v) is 9.56. The molecule has 13 nitrogen and oxygen atoms in total. The highest BCUT2D eigenvalue weighted by molar-refractivity contribution is 9.10. The van der Waals surface area contributed by atoms with Crippen molar-refractivity contribution in [2.24, 2.45) is 0 Å². The van der Waals surface area contributed by atoms with E-state index in [9.17, 15) is 24.5 Å². The van der Waals surface area contributed by atoms with Gasteiger partial charge < -0.3 is 9.47 Å². The second kappa shape index (κ2) is 9.48. The summed E-state index contributed by atoms with van der Waals surface area (Å²) in [5, 5.41) is 11.8. The molecule has 0 aliphatic carbocycles. The van der Waals surface area contributed by atoms with Gasteiger partial charge in [-0.15, -0.1) is 11.8 Å². The van der Waals surface area contributed by atoms with E-state index in [0.29, 0.717) is 17.0 Å². The highest BCUT2D eigenvalue weighted by atomic mass is 79.9. The number of non-ortho nitro benzene ring substituents is 1. The lowest BCUT2D eigenvalue weighted by molar-refractivity contribution is -0.384. The molecular weight excluding hydrogens is 596 g/mol. The van der Waals surface area contributed by atoms with E-state index in [1.807, 2.05) is 9.20 Å². The average Bonchev–Trinajstić information content (AvgIpc) is 3.62. The van der Waals surface area contributed by atoms with Gasteiger partial charge in [-0.05, 0) is 30.5 Å². The predicted molar refractivity (Wildman–Crippen MR) is 139 cm³/mol. The fourth-order valence-corrected chi connectivity index (χ4v) is 7.24. The van der Waals surface area contributed by atoms with Crippen LogP contribution in [0.2, 0.25) is 0 Å². The number of hydrogen-bond acceptors (Lipinski definition) is 10. The van der Waals surface area contributed by atoms with Crippen LogP contribution >= 0.6 is 27.7 Å². The number of nitrogens with zero attached hydrogens (tertiary/aromatic N) is 6. The molecule has 5 heterocycles. The largest absolute Gasteiger partial charge is 0.456 e. The molecule has 1 amide bonds. The maximum Gasteiger partial charge on any atom is 0.355 e. The van der Waals surface area contributed by atoms with Gasteiger partial charge >= 0.3 is 11.9 Å². The number of amides is 1. The van der Waals surface area contributed by atoms with E-state index in [0.717, 1.165) is 31.6 Å². The first-order valence-electron chi connectivity index (χ1n) is 12.1. The van der Waals surface area contributed by atoms with Gasteiger partial charge in [0.15, 0.2) is 10.4 Å². The molecule has 1 saturated heterocycles. The maximum absolute atomic E-state index is 13.5. The van der Waals surface area contributed by atoms with Crippen LogP contribution in [-0.4, -0.2) is 56.5 Å². The van der Waals surface area contributed by atoms with E-state index >= 15 is 0 Å². The van der Waals surface area contributed by atoms with Crippen molar-refractivity contribution >= 4 is 57.0 Å². The molecule has 1 fully saturated rings. The number of β-lactam (4-membered cyclic amide) rings is 1. The zero-order valence-corrected chi connectivity index (χ0v) is 22.9. The summed E-state index contributed by atoms with van der Waals surface area (Å²) in [6.07, 6.45) is 3.60. The van der Waals surface area contributed by atoms with Crippen LogP contribution in [-0.2, 0) is 43.4 Å². The Morgan fingerprint density at radius 2 is 2.05 bits per heavy atom. The third kappa shape index (κ3) is 4.11. The van der Waals surface area contributed by atoms with Crippen molar-refractivity contribution in [3.05, 3.63) is 68.8 Å². The van der Waals surface area contributed by atoms with Crippen molar-refractivity contribution in [1.82, 2.24) is 24.1 Å². The summed E-state index contributed by atoms with van der Waals surface area (Å²) in [4.78, 5) is 59.3. The Hall–Kier alpha value is -3.72. The van der Waals surface area contributed by atoms with Gasteiger partial charge in [0.1, 0.15) is 29.2 Å². The number of ether oxygens (including phenoxy) is 2. The van der Waals surface area contributed by atoms with Gasteiger partial charge in [-0.25, -0.2) is 14.3 Å². The molecule has 0 radical (unpaired) electrons. The summed E-state index contributed by atoms with van der Waals surface area (Å²) in [6, 6.07) is 5.63. The number of hydrogen-bond donors (Lipinski definition) is 0. The van der Waals surface area contributed by atoms with Gasteiger partial charge in [0.2, 0.25) is 0 Å². The Morgan fingerprint density at radius 3 is 2.77 bits per heavy atom. The van der Waals surface area contributed by atoms with E-state index in [1.165, 1.54) is 53.3 Å². The minimum atomic E-state index is -1.37. The zero-order chi connectivity index (χ0) is 27.5. The van der Waals surface area contributed by atoms with E-state index < -0.39 is 38.6 Å². The smallest absolute Gasteiger partial charge is 0.355 e. The first-order valence-corrected chi connectivity index (χ1v) is 13.8. The molecule has 15 heteroatoms. The van der Waals surface area contributed by atoms with Gasteiger partial charge in [0.05, 0.1) is 11.1 Å². The van der Waals surface area contributed by atoms with Crippen LogP contribution in [0.3, 0.4) is 0 Å². The summed E-state index contributed by atoms with van der Waals surface area (Å²) < 4.78 is 13.5. The predicted octanol–water partition coefficient (Wildman–Crippen LogP) is 3.01. The number of aryl methyl sites for hydroxylation is 2. The van der Waals surface area contributed by atoms with Crippen LogP contribution in [0, 0.1) is 10.1 Å². The van der Waals surface area contributed by atoms with Crippen LogP contribution < -0.4 is 0 Å². The molecule has 3 atom stereocenters. The molecular formula is C24H21BrN6O7S. The number of rotatable bonds is 7. The highest BCUT2D eigenvalue weighted by Gasteiger charge is 2.69. The third-order valence-electron chi connectivity index (χ3n) is 6.86. The normalized spacial score (nSPS) is 22.5. The quantitative estimate of drug-likeness (QED) is 0.127. The molecule has 3 aromatic rings. The van der Waals surface area contributed by atoms with Crippen molar-refractivity contribution < 1.29 is 28.8 Å². The topological polar surface area (TPSA) is 151 Å². The summed E-state index contributed by atoms with van der Waals surface area (Å²) in [7, 11) is 0. The van der Waals surface area contributed by atoms with Crippen LogP contribution in [0.15, 0.2) is 41.6 Å². The Bertz CT molecular complexity index is 1570. The van der Waals surface area contributed by atoms with Crippen molar-refractivity contribution in [3.63, 3.8) is 0 Å². The molecule has 202 valence electrons. The minimum Gasteiger partial charge on any atom is -0.456 e. The molecule has 0 bridgehead atoms. The summed E-state index contributed by atoms with van der Waals surface area (Å²) >= 11 is 4.78. The van der Waals surface area contributed by atoms with Gasteiger partial charge in [0.25, 0.3) is 17.4 Å². The molecule has 39 heavy (non-hydrogen) atoms. The second-order valence-corrected chi connectivity index (χ2v) is 11.6. The van der Waals surface area contributed by atoms with Crippen molar-refractivity contribution in [3.8, 4) is 0 Å². The van der Waals surface area contributed by atoms with E-state index in [4.69, 9.17) is 9.47 Å². The summed E-state index contributed by atoms with van der Waals surface area (Å²) in [5.41, 5.74) is 0.914. The van der Waals surface area contributed by atoms with Crippen LogP contribution in [0.25, 0.3) is 5.78 Å². The van der Waals surface area contributed by atoms with Gasteiger partial charge in [-0.1, -0.05) is 15.9 Å². The molecule has 6 rings (SSSR count). The van der Waals surface area contributed by atoms with Crippen LogP contribution in [0.1, 0.15) is 43.0 Å². The Labute approximate surface area is 233 Å². The molecule has 1 aromatic carbocycles. The molecule has 0 saturated carbocycles. The Morgan fingerprint density at radius 1 is 1.28 bits per heavy atom.